The predicted octanol–water partition coefficient (Wildman–Crippen LogP) is 1.54. The van der Waals surface area contributed by atoms with Crippen molar-refractivity contribution in [3.05, 3.63) is 0 Å². The smallest absolute Gasteiger partial charge is 0.223 e. The van der Waals surface area contributed by atoms with Gasteiger partial charge in [-0.2, -0.15) is 0 Å². The van der Waals surface area contributed by atoms with E-state index in [1.807, 2.05) is 0 Å². The first kappa shape index (κ1) is 12.5. The molecule has 1 aliphatic heterocycles. The topological polar surface area (TPSA) is 41.1 Å². The minimum atomic E-state index is 0.234. The maximum Gasteiger partial charge on any atom is 0.223 e. The van der Waals surface area contributed by atoms with Crippen LogP contribution in [0.3, 0.4) is 0 Å². The molecule has 2 N–H and O–H groups in total. The average Bonchev–Trinajstić information content (AvgIpc) is 2.29. The highest BCUT2D eigenvalue weighted by Crippen LogP contribution is 2.13. The van der Waals surface area contributed by atoms with E-state index in [0.29, 0.717) is 12.0 Å². The molecule has 1 aliphatic rings. The molecular formula is C12H24N2O. The van der Waals surface area contributed by atoms with Crippen LogP contribution in [0.15, 0.2) is 0 Å². The number of amides is 1. The number of nitrogens with one attached hydrogen (secondary N) is 2. The van der Waals surface area contributed by atoms with Crippen molar-refractivity contribution in [1.82, 2.24) is 10.6 Å². The first-order chi connectivity index (χ1) is 7.15. The van der Waals surface area contributed by atoms with Gasteiger partial charge < -0.3 is 10.6 Å². The minimum absolute atomic E-state index is 0.234. The van der Waals surface area contributed by atoms with Crippen LogP contribution in [0.2, 0.25) is 0 Å². The van der Waals surface area contributed by atoms with Gasteiger partial charge in [-0.25, -0.2) is 0 Å². The fourth-order valence-corrected chi connectivity index (χ4v) is 1.92. The van der Waals surface area contributed by atoms with Gasteiger partial charge in [-0.1, -0.05) is 20.3 Å². The lowest BCUT2D eigenvalue weighted by Gasteiger charge is -2.26. The van der Waals surface area contributed by atoms with Gasteiger partial charge in [-0.3, -0.25) is 4.79 Å². The fraction of sp³-hybridized carbons (Fsp3) is 0.917. The molecule has 3 heteroatoms. The van der Waals surface area contributed by atoms with Crippen LogP contribution in [-0.2, 0) is 4.79 Å². The molecule has 2 unspecified atom stereocenters. The quantitative estimate of drug-likeness (QED) is 0.742. The van der Waals surface area contributed by atoms with Crippen molar-refractivity contribution in [2.45, 2.75) is 46.1 Å². The van der Waals surface area contributed by atoms with Crippen molar-refractivity contribution in [2.75, 3.05) is 13.1 Å². The molecule has 1 saturated heterocycles. The number of carbonyl (C=O) groups excluding carboxylic acids is 1. The highest BCUT2D eigenvalue weighted by molar-refractivity contribution is 5.79. The van der Waals surface area contributed by atoms with E-state index < -0.39 is 0 Å². The summed E-state index contributed by atoms with van der Waals surface area (Å²) in [4.78, 5) is 11.9. The third-order valence-electron chi connectivity index (χ3n) is 3.58. The third kappa shape index (κ3) is 3.82. The molecule has 2 atom stereocenters. The van der Waals surface area contributed by atoms with E-state index in [-0.39, 0.29) is 11.8 Å². The van der Waals surface area contributed by atoms with Gasteiger partial charge in [0.1, 0.15) is 0 Å². The molecule has 1 heterocycles. The summed E-state index contributed by atoms with van der Waals surface area (Å²) in [5.41, 5.74) is 0. The predicted molar refractivity (Wildman–Crippen MR) is 62.7 cm³/mol. The molecule has 1 rings (SSSR count). The Bertz CT molecular complexity index is 200. The number of piperidine rings is 1. The molecule has 0 radical (unpaired) electrons. The van der Waals surface area contributed by atoms with Gasteiger partial charge in [0.15, 0.2) is 0 Å². The average molecular weight is 212 g/mol. The lowest BCUT2D eigenvalue weighted by atomic mass is 9.95. The van der Waals surface area contributed by atoms with Gasteiger partial charge in [0.2, 0.25) is 5.91 Å². The van der Waals surface area contributed by atoms with Crippen molar-refractivity contribution in [2.24, 2.45) is 11.8 Å². The second-order valence-corrected chi connectivity index (χ2v) is 4.71. The van der Waals surface area contributed by atoms with Crippen LogP contribution < -0.4 is 10.6 Å². The van der Waals surface area contributed by atoms with Gasteiger partial charge in [0.25, 0.3) is 0 Å². The summed E-state index contributed by atoms with van der Waals surface area (Å²) in [6, 6.07) is 0.303. The molecule has 15 heavy (non-hydrogen) atoms. The normalized spacial score (nSPS) is 22.1. The van der Waals surface area contributed by atoms with Gasteiger partial charge in [-0.15, -0.1) is 0 Å². The van der Waals surface area contributed by atoms with E-state index >= 15 is 0 Å². The van der Waals surface area contributed by atoms with E-state index in [1.54, 1.807) is 0 Å². The Morgan fingerprint density at radius 1 is 1.40 bits per heavy atom. The Balaban J connectivity index is 2.33. The summed E-state index contributed by atoms with van der Waals surface area (Å²) in [5.74, 6) is 1.05. The second kappa shape index (κ2) is 6.11. The van der Waals surface area contributed by atoms with Crippen LogP contribution in [-0.4, -0.2) is 25.0 Å². The zero-order valence-electron chi connectivity index (χ0n) is 10.2. The van der Waals surface area contributed by atoms with Crippen LogP contribution in [0.25, 0.3) is 0 Å². The number of rotatable bonds is 4. The Hall–Kier alpha value is -0.570. The highest BCUT2D eigenvalue weighted by atomic mass is 16.1. The number of carbonyl (C=O) groups is 1. The van der Waals surface area contributed by atoms with Crippen molar-refractivity contribution in [1.29, 1.82) is 0 Å². The first-order valence-corrected chi connectivity index (χ1v) is 6.16. The third-order valence-corrected chi connectivity index (χ3v) is 3.58. The second-order valence-electron chi connectivity index (χ2n) is 4.71. The summed E-state index contributed by atoms with van der Waals surface area (Å²) in [6.45, 7) is 8.42. The number of hydrogen-bond acceptors (Lipinski definition) is 2. The standard InChI is InChI=1S/C12H24N2O/c1-4-9(2)10(3)14-12(15)11-5-7-13-8-6-11/h9-11,13H,4-8H2,1-3H3,(H,14,15). The number of hydrogen-bond donors (Lipinski definition) is 2. The van der Waals surface area contributed by atoms with Crippen molar-refractivity contribution in [3.8, 4) is 0 Å². The maximum absolute atomic E-state index is 11.9. The van der Waals surface area contributed by atoms with Gasteiger partial charge in [0.05, 0.1) is 0 Å². The molecule has 0 aromatic rings. The lowest BCUT2D eigenvalue weighted by molar-refractivity contribution is -0.126. The van der Waals surface area contributed by atoms with Gasteiger partial charge in [0, 0.05) is 12.0 Å². The van der Waals surface area contributed by atoms with Crippen molar-refractivity contribution >= 4 is 5.91 Å². The van der Waals surface area contributed by atoms with Crippen LogP contribution in [0.5, 0.6) is 0 Å². The summed E-state index contributed by atoms with van der Waals surface area (Å²) in [7, 11) is 0. The van der Waals surface area contributed by atoms with Crippen molar-refractivity contribution in [3.63, 3.8) is 0 Å². The van der Waals surface area contributed by atoms with E-state index in [0.717, 1.165) is 32.4 Å². The Morgan fingerprint density at radius 3 is 2.53 bits per heavy atom. The van der Waals surface area contributed by atoms with E-state index in [1.165, 1.54) is 0 Å². The van der Waals surface area contributed by atoms with Crippen LogP contribution in [0.4, 0.5) is 0 Å². The molecule has 88 valence electrons. The van der Waals surface area contributed by atoms with Gasteiger partial charge >= 0.3 is 0 Å². The molecule has 0 bridgehead atoms. The first-order valence-electron chi connectivity index (χ1n) is 6.16. The molecule has 1 amide bonds. The maximum atomic E-state index is 11.9. The van der Waals surface area contributed by atoms with Crippen LogP contribution in [0.1, 0.15) is 40.0 Å². The van der Waals surface area contributed by atoms with E-state index in [4.69, 9.17) is 0 Å². The molecule has 0 aliphatic carbocycles. The molecule has 1 fully saturated rings. The van der Waals surface area contributed by atoms with E-state index in [9.17, 15) is 4.79 Å². The van der Waals surface area contributed by atoms with Crippen LogP contribution >= 0.6 is 0 Å². The highest BCUT2D eigenvalue weighted by Gasteiger charge is 2.23. The molecule has 0 saturated carbocycles. The fourth-order valence-electron chi connectivity index (χ4n) is 1.92. The molecule has 0 aromatic carbocycles. The zero-order valence-corrected chi connectivity index (χ0v) is 10.2. The Labute approximate surface area is 93.0 Å². The summed E-state index contributed by atoms with van der Waals surface area (Å²) < 4.78 is 0. The van der Waals surface area contributed by atoms with Gasteiger partial charge in [-0.05, 0) is 38.8 Å². The minimum Gasteiger partial charge on any atom is -0.353 e. The van der Waals surface area contributed by atoms with Crippen LogP contribution in [0, 0.1) is 11.8 Å². The molecule has 0 spiro atoms. The molecular weight excluding hydrogens is 188 g/mol. The summed E-state index contributed by atoms with van der Waals surface area (Å²) >= 11 is 0. The zero-order chi connectivity index (χ0) is 11.3. The lowest BCUT2D eigenvalue weighted by Crippen LogP contribution is -2.43. The SMILES string of the molecule is CCC(C)C(C)NC(=O)C1CCNCC1. The molecule has 3 nitrogen and oxygen atoms in total. The van der Waals surface area contributed by atoms with Crippen molar-refractivity contribution < 1.29 is 4.79 Å². The largest absolute Gasteiger partial charge is 0.353 e. The Kier molecular flexibility index (Phi) is 5.09. The van der Waals surface area contributed by atoms with E-state index in [2.05, 4.69) is 31.4 Å². The Morgan fingerprint density at radius 2 is 2.00 bits per heavy atom. The molecule has 0 aromatic heterocycles. The summed E-state index contributed by atoms with van der Waals surface area (Å²) in [6.07, 6.45) is 3.09. The monoisotopic (exact) mass is 212 g/mol. The summed E-state index contributed by atoms with van der Waals surface area (Å²) in [5, 5.41) is 6.41.